The molecule has 0 saturated carbocycles. The molecule has 0 aliphatic carbocycles. The number of carbonyl (C=O) groups is 2. The standard InChI is InChI=1S/C24H28F2N4O4/c1-33-22(31)20-14-18(25)2-3-21(20)34-19-5-10-30(11-6-19)23(32)24(26)7-12-29(13-8-24)16-17-4-9-27-28-15-17/h2-4,9,14-15,19H,5-8,10-13,16H2,1H3. The lowest BCUT2D eigenvalue weighted by Gasteiger charge is -2.40. The lowest BCUT2D eigenvalue weighted by atomic mass is 9.90. The quantitative estimate of drug-likeness (QED) is 0.596. The number of hydrogen-bond acceptors (Lipinski definition) is 7. The molecular weight excluding hydrogens is 446 g/mol. The van der Waals surface area contributed by atoms with Crippen LogP contribution in [0.25, 0.3) is 0 Å². The lowest BCUT2D eigenvalue weighted by Crippen LogP contribution is -2.54. The molecule has 0 unspecified atom stereocenters. The molecule has 0 radical (unpaired) electrons. The number of aromatic nitrogens is 2. The molecule has 8 nitrogen and oxygen atoms in total. The summed E-state index contributed by atoms with van der Waals surface area (Å²) in [4.78, 5) is 28.6. The van der Waals surface area contributed by atoms with Crippen LogP contribution in [0.2, 0.25) is 0 Å². The second-order valence-electron chi connectivity index (χ2n) is 8.73. The van der Waals surface area contributed by atoms with Crippen LogP contribution in [0, 0.1) is 5.82 Å². The highest BCUT2D eigenvalue weighted by Gasteiger charge is 2.44. The van der Waals surface area contributed by atoms with E-state index in [1.807, 2.05) is 6.07 Å². The van der Waals surface area contributed by atoms with Crippen LogP contribution in [0.4, 0.5) is 8.78 Å². The lowest BCUT2D eigenvalue weighted by molar-refractivity contribution is -0.149. The Morgan fingerprint density at radius 3 is 2.50 bits per heavy atom. The van der Waals surface area contributed by atoms with Crippen molar-refractivity contribution in [1.82, 2.24) is 20.0 Å². The molecular formula is C24H28F2N4O4. The van der Waals surface area contributed by atoms with Gasteiger partial charge in [-0.2, -0.15) is 10.2 Å². The summed E-state index contributed by atoms with van der Waals surface area (Å²) in [6.45, 7) is 2.35. The first kappa shape index (κ1) is 24.0. The van der Waals surface area contributed by atoms with Gasteiger partial charge in [-0.1, -0.05) is 0 Å². The largest absolute Gasteiger partial charge is 0.489 e. The van der Waals surface area contributed by atoms with Gasteiger partial charge in [0.15, 0.2) is 5.67 Å². The van der Waals surface area contributed by atoms with Crippen LogP contribution in [0.1, 0.15) is 41.6 Å². The third-order valence-corrected chi connectivity index (χ3v) is 6.45. The number of carbonyl (C=O) groups excluding carboxylic acids is 2. The average molecular weight is 475 g/mol. The van der Waals surface area contributed by atoms with Crippen molar-refractivity contribution in [2.75, 3.05) is 33.3 Å². The van der Waals surface area contributed by atoms with E-state index >= 15 is 4.39 Å². The van der Waals surface area contributed by atoms with Gasteiger partial charge in [0.05, 0.1) is 13.3 Å². The van der Waals surface area contributed by atoms with Crippen molar-refractivity contribution in [2.45, 2.75) is 44.0 Å². The SMILES string of the molecule is COC(=O)c1cc(F)ccc1OC1CCN(C(=O)C2(F)CCN(Cc3ccnnc3)CC2)CC1. The van der Waals surface area contributed by atoms with Gasteiger partial charge in [0.1, 0.15) is 23.2 Å². The summed E-state index contributed by atoms with van der Waals surface area (Å²) in [5, 5.41) is 7.62. The number of piperidine rings is 2. The maximum atomic E-state index is 15.6. The smallest absolute Gasteiger partial charge is 0.341 e. The Morgan fingerprint density at radius 1 is 1.12 bits per heavy atom. The summed E-state index contributed by atoms with van der Waals surface area (Å²) in [6, 6.07) is 5.56. The number of esters is 1. The number of amides is 1. The van der Waals surface area contributed by atoms with Crippen molar-refractivity contribution in [3.05, 3.63) is 53.6 Å². The number of nitrogens with zero attached hydrogens (tertiary/aromatic N) is 4. The van der Waals surface area contributed by atoms with Gasteiger partial charge in [0, 0.05) is 64.6 Å². The van der Waals surface area contributed by atoms with Gasteiger partial charge in [0.25, 0.3) is 5.91 Å². The predicted octanol–water partition coefficient (Wildman–Crippen LogP) is 2.78. The van der Waals surface area contributed by atoms with Crippen molar-refractivity contribution in [3.8, 4) is 5.75 Å². The number of likely N-dealkylation sites (tertiary alicyclic amines) is 2. The van der Waals surface area contributed by atoms with Gasteiger partial charge in [-0.25, -0.2) is 13.6 Å². The molecule has 0 spiro atoms. The molecule has 2 fully saturated rings. The van der Waals surface area contributed by atoms with Crippen molar-refractivity contribution in [2.24, 2.45) is 0 Å². The number of alkyl halides is 1. The van der Waals surface area contributed by atoms with Crippen LogP contribution < -0.4 is 4.74 Å². The zero-order valence-electron chi connectivity index (χ0n) is 19.1. The van der Waals surface area contributed by atoms with E-state index in [1.165, 1.54) is 19.2 Å². The van der Waals surface area contributed by atoms with Crippen LogP contribution in [-0.4, -0.2) is 76.9 Å². The highest BCUT2D eigenvalue weighted by Crippen LogP contribution is 2.31. The molecule has 34 heavy (non-hydrogen) atoms. The first-order valence-electron chi connectivity index (χ1n) is 11.4. The Kier molecular flexibility index (Phi) is 7.35. The molecule has 1 aromatic heterocycles. The maximum absolute atomic E-state index is 15.6. The number of methoxy groups -OCH3 is 1. The molecule has 2 aliphatic heterocycles. The fourth-order valence-corrected chi connectivity index (χ4v) is 4.46. The van der Waals surface area contributed by atoms with Gasteiger partial charge in [0.2, 0.25) is 0 Å². The van der Waals surface area contributed by atoms with Crippen molar-refractivity contribution >= 4 is 11.9 Å². The van der Waals surface area contributed by atoms with Gasteiger partial charge in [-0.3, -0.25) is 9.69 Å². The Morgan fingerprint density at radius 2 is 1.85 bits per heavy atom. The molecule has 0 atom stereocenters. The first-order chi connectivity index (χ1) is 16.4. The maximum Gasteiger partial charge on any atom is 0.341 e. The van der Waals surface area contributed by atoms with Gasteiger partial charge >= 0.3 is 5.97 Å². The van der Waals surface area contributed by atoms with E-state index in [1.54, 1.807) is 17.3 Å². The Balaban J connectivity index is 1.29. The third-order valence-electron chi connectivity index (χ3n) is 6.45. The number of hydrogen-bond donors (Lipinski definition) is 0. The van der Waals surface area contributed by atoms with E-state index in [2.05, 4.69) is 15.1 Å². The van der Waals surface area contributed by atoms with E-state index in [0.29, 0.717) is 45.6 Å². The van der Waals surface area contributed by atoms with Crippen LogP contribution in [-0.2, 0) is 16.1 Å². The van der Waals surface area contributed by atoms with Gasteiger partial charge in [-0.15, -0.1) is 0 Å². The van der Waals surface area contributed by atoms with Crippen LogP contribution >= 0.6 is 0 Å². The predicted molar refractivity (Wildman–Crippen MR) is 118 cm³/mol. The summed E-state index contributed by atoms with van der Waals surface area (Å²) in [5.41, 5.74) is -0.848. The van der Waals surface area contributed by atoms with Crippen LogP contribution in [0.15, 0.2) is 36.7 Å². The molecule has 3 heterocycles. The molecule has 0 bridgehead atoms. The minimum atomic E-state index is -1.87. The molecule has 2 saturated heterocycles. The number of ether oxygens (including phenoxy) is 2. The second-order valence-corrected chi connectivity index (χ2v) is 8.73. The molecule has 0 N–H and O–H groups in total. The molecule has 2 aromatic rings. The molecule has 182 valence electrons. The Bertz CT molecular complexity index is 1010. The minimum absolute atomic E-state index is 0.0121. The molecule has 1 aromatic carbocycles. The summed E-state index contributed by atoms with van der Waals surface area (Å²) in [7, 11) is 1.22. The van der Waals surface area contributed by atoms with Gasteiger partial charge < -0.3 is 14.4 Å². The van der Waals surface area contributed by atoms with Gasteiger partial charge in [-0.05, 0) is 29.8 Å². The van der Waals surface area contributed by atoms with Crippen molar-refractivity contribution < 1.29 is 27.8 Å². The fourth-order valence-electron chi connectivity index (χ4n) is 4.46. The number of rotatable bonds is 6. The van der Waals surface area contributed by atoms with Crippen LogP contribution in [0.3, 0.4) is 0 Å². The summed E-state index contributed by atoms with van der Waals surface area (Å²) < 4.78 is 39.7. The van der Waals surface area contributed by atoms with Crippen LogP contribution in [0.5, 0.6) is 5.75 Å². The second kappa shape index (κ2) is 10.4. The minimum Gasteiger partial charge on any atom is -0.489 e. The molecule has 4 rings (SSSR count). The zero-order chi connectivity index (χ0) is 24.1. The Hall–Kier alpha value is -3.14. The first-order valence-corrected chi connectivity index (χ1v) is 11.4. The topological polar surface area (TPSA) is 84.9 Å². The molecule has 10 heteroatoms. The fraction of sp³-hybridized carbons (Fsp3) is 0.500. The monoisotopic (exact) mass is 474 g/mol. The number of benzene rings is 1. The van der Waals surface area contributed by atoms with Crippen molar-refractivity contribution in [3.63, 3.8) is 0 Å². The van der Waals surface area contributed by atoms with E-state index in [0.717, 1.165) is 11.6 Å². The van der Waals surface area contributed by atoms with Crippen molar-refractivity contribution in [1.29, 1.82) is 0 Å². The highest BCUT2D eigenvalue weighted by molar-refractivity contribution is 5.92. The normalized spacial score (nSPS) is 19.0. The van der Waals surface area contributed by atoms with E-state index < -0.39 is 23.4 Å². The Labute approximate surface area is 196 Å². The summed E-state index contributed by atoms with van der Waals surface area (Å²) in [5.74, 6) is -1.48. The average Bonchev–Trinajstić information content (AvgIpc) is 2.87. The molecule has 1 amide bonds. The van der Waals surface area contributed by atoms with E-state index in [4.69, 9.17) is 9.47 Å². The van der Waals surface area contributed by atoms with E-state index in [-0.39, 0.29) is 30.3 Å². The number of halogens is 2. The summed E-state index contributed by atoms with van der Waals surface area (Å²) in [6.07, 6.45) is 4.32. The zero-order valence-corrected chi connectivity index (χ0v) is 19.1. The molecule has 2 aliphatic rings. The summed E-state index contributed by atoms with van der Waals surface area (Å²) >= 11 is 0. The van der Waals surface area contributed by atoms with E-state index in [9.17, 15) is 14.0 Å². The third kappa shape index (κ3) is 5.49. The highest BCUT2D eigenvalue weighted by atomic mass is 19.1.